The van der Waals surface area contributed by atoms with Crippen LogP contribution in [0.1, 0.15) is 36.0 Å². The predicted octanol–water partition coefficient (Wildman–Crippen LogP) is 2.81. The van der Waals surface area contributed by atoms with Crippen molar-refractivity contribution in [2.24, 2.45) is 5.92 Å². The van der Waals surface area contributed by atoms with Gasteiger partial charge in [0.05, 0.1) is 11.8 Å². The molecule has 1 aromatic heterocycles. The zero-order valence-corrected chi connectivity index (χ0v) is 9.87. The first kappa shape index (κ1) is 11.5. The molecule has 0 saturated heterocycles. The molecule has 88 valence electrons. The highest BCUT2D eigenvalue weighted by atomic mass is 35.5. The minimum Gasteiger partial charge on any atom is -0.472 e. The van der Waals surface area contributed by atoms with E-state index in [4.69, 9.17) is 16.0 Å². The van der Waals surface area contributed by atoms with E-state index in [0.29, 0.717) is 16.9 Å². The van der Waals surface area contributed by atoms with Crippen LogP contribution in [0.4, 0.5) is 0 Å². The number of carbonyl (C=O) groups is 1. The minimum absolute atomic E-state index is 0.0539. The summed E-state index contributed by atoms with van der Waals surface area (Å²) >= 11 is 6.03. The molecule has 1 heterocycles. The molecule has 16 heavy (non-hydrogen) atoms. The molecule has 0 unspecified atom stereocenters. The van der Waals surface area contributed by atoms with Crippen LogP contribution in [-0.4, -0.2) is 17.8 Å². The Kier molecular flexibility index (Phi) is 3.88. The summed E-state index contributed by atoms with van der Waals surface area (Å²) in [6.45, 7) is 0.744. The van der Waals surface area contributed by atoms with Gasteiger partial charge in [0.15, 0.2) is 0 Å². The number of hydrogen-bond donors (Lipinski definition) is 1. The van der Waals surface area contributed by atoms with Crippen molar-refractivity contribution in [2.45, 2.75) is 31.1 Å². The average molecular weight is 242 g/mol. The molecule has 0 spiro atoms. The maximum absolute atomic E-state index is 11.6. The first-order valence-corrected chi connectivity index (χ1v) is 6.14. The molecule has 0 aromatic carbocycles. The van der Waals surface area contributed by atoms with Gasteiger partial charge in [-0.1, -0.05) is 0 Å². The lowest BCUT2D eigenvalue weighted by Gasteiger charge is -2.24. The summed E-state index contributed by atoms with van der Waals surface area (Å²) in [5.41, 5.74) is 0.589. The van der Waals surface area contributed by atoms with Gasteiger partial charge in [-0.05, 0) is 37.7 Å². The Bertz CT molecular complexity index is 329. The molecule has 1 N–H and O–H groups in total. The molecule has 1 fully saturated rings. The lowest BCUT2D eigenvalue weighted by molar-refractivity contribution is 0.0943. The number of nitrogens with one attached hydrogen (secondary N) is 1. The normalized spacial score (nSPS) is 25.3. The highest BCUT2D eigenvalue weighted by Gasteiger charge is 2.20. The lowest BCUT2D eigenvalue weighted by Crippen LogP contribution is -2.31. The molecule has 3 nitrogen and oxygen atoms in total. The van der Waals surface area contributed by atoms with E-state index >= 15 is 0 Å². The molecule has 1 aliphatic carbocycles. The molecule has 0 aliphatic heterocycles. The Labute approximate surface area is 100 Å². The predicted molar refractivity (Wildman–Crippen MR) is 62.6 cm³/mol. The maximum atomic E-state index is 11.6. The van der Waals surface area contributed by atoms with Crippen molar-refractivity contribution < 1.29 is 9.21 Å². The van der Waals surface area contributed by atoms with Gasteiger partial charge in [0.1, 0.15) is 6.26 Å². The summed E-state index contributed by atoms with van der Waals surface area (Å²) in [4.78, 5) is 11.6. The average Bonchev–Trinajstić information content (AvgIpc) is 2.81. The summed E-state index contributed by atoms with van der Waals surface area (Å²) in [5.74, 6) is 0.521. The number of hydrogen-bond acceptors (Lipinski definition) is 2. The quantitative estimate of drug-likeness (QED) is 0.827. The number of alkyl halides is 1. The summed E-state index contributed by atoms with van der Waals surface area (Å²) in [6, 6.07) is 1.67. The molecular formula is C12H16ClNO2. The van der Waals surface area contributed by atoms with Crippen LogP contribution in [0.3, 0.4) is 0 Å². The van der Waals surface area contributed by atoms with Crippen LogP contribution in [0.25, 0.3) is 0 Å². The molecule has 1 aliphatic rings. The van der Waals surface area contributed by atoms with E-state index in [1.54, 1.807) is 6.07 Å². The van der Waals surface area contributed by atoms with Gasteiger partial charge in [-0.2, -0.15) is 0 Å². The second-order valence-electron chi connectivity index (χ2n) is 4.34. The van der Waals surface area contributed by atoms with Crippen LogP contribution in [0.15, 0.2) is 23.0 Å². The monoisotopic (exact) mass is 241 g/mol. The summed E-state index contributed by atoms with van der Waals surface area (Å²) in [6.07, 6.45) is 7.32. The number of amides is 1. The Morgan fingerprint density at radius 2 is 2.19 bits per heavy atom. The molecule has 1 amide bonds. The second-order valence-corrected chi connectivity index (χ2v) is 4.96. The SMILES string of the molecule is O=C(NCC1CCC(Cl)CC1)c1ccoc1. The number of halogens is 1. The Balaban J connectivity index is 1.73. The van der Waals surface area contributed by atoms with Crippen LogP contribution in [0.5, 0.6) is 0 Å². The minimum atomic E-state index is -0.0539. The topological polar surface area (TPSA) is 42.2 Å². The van der Waals surface area contributed by atoms with Gasteiger partial charge in [0.2, 0.25) is 0 Å². The fourth-order valence-corrected chi connectivity index (χ4v) is 2.31. The first-order chi connectivity index (χ1) is 7.75. The van der Waals surface area contributed by atoms with E-state index in [9.17, 15) is 4.79 Å². The summed E-state index contributed by atoms with van der Waals surface area (Å²) in [5, 5.41) is 3.26. The number of carbonyl (C=O) groups excluding carboxylic acids is 1. The van der Waals surface area contributed by atoms with Crippen molar-refractivity contribution in [3.05, 3.63) is 24.2 Å². The van der Waals surface area contributed by atoms with E-state index in [1.807, 2.05) is 0 Å². The largest absolute Gasteiger partial charge is 0.472 e. The van der Waals surface area contributed by atoms with Crippen molar-refractivity contribution in [3.63, 3.8) is 0 Å². The Hall–Kier alpha value is -0.960. The maximum Gasteiger partial charge on any atom is 0.254 e. The third-order valence-corrected chi connectivity index (χ3v) is 3.55. The van der Waals surface area contributed by atoms with Crippen LogP contribution in [-0.2, 0) is 0 Å². The molecule has 4 heteroatoms. The van der Waals surface area contributed by atoms with E-state index in [-0.39, 0.29) is 5.91 Å². The Morgan fingerprint density at radius 1 is 1.44 bits per heavy atom. The van der Waals surface area contributed by atoms with Crippen molar-refractivity contribution in [1.29, 1.82) is 0 Å². The van der Waals surface area contributed by atoms with E-state index in [2.05, 4.69) is 5.32 Å². The highest BCUT2D eigenvalue weighted by Crippen LogP contribution is 2.26. The molecule has 1 aromatic rings. The number of furan rings is 1. The first-order valence-electron chi connectivity index (χ1n) is 5.70. The molecule has 0 bridgehead atoms. The molecule has 0 atom stereocenters. The van der Waals surface area contributed by atoms with Crippen molar-refractivity contribution in [1.82, 2.24) is 5.32 Å². The molecule has 0 radical (unpaired) electrons. The van der Waals surface area contributed by atoms with Crippen molar-refractivity contribution in [3.8, 4) is 0 Å². The smallest absolute Gasteiger partial charge is 0.254 e. The van der Waals surface area contributed by atoms with Gasteiger partial charge < -0.3 is 9.73 Å². The van der Waals surface area contributed by atoms with Gasteiger partial charge in [0, 0.05) is 11.9 Å². The van der Waals surface area contributed by atoms with Gasteiger partial charge in [-0.3, -0.25) is 4.79 Å². The summed E-state index contributed by atoms with van der Waals surface area (Å²) in [7, 11) is 0. The molecule has 1 saturated carbocycles. The van der Waals surface area contributed by atoms with Crippen LogP contribution < -0.4 is 5.32 Å². The van der Waals surface area contributed by atoms with Gasteiger partial charge >= 0.3 is 0 Å². The molecular weight excluding hydrogens is 226 g/mol. The van der Waals surface area contributed by atoms with E-state index in [1.165, 1.54) is 12.5 Å². The lowest BCUT2D eigenvalue weighted by atomic mass is 9.89. The molecule has 2 rings (SSSR count). The second kappa shape index (κ2) is 5.39. The third kappa shape index (κ3) is 3.01. The van der Waals surface area contributed by atoms with Crippen molar-refractivity contribution >= 4 is 17.5 Å². The fraction of sp³-hybridized carbons (Fsp3) is 0.583. The fourth-order valence-electron chi connectivity index (χ4n) is 2.06. The van der Waals surface area contributed by atoms with Crippen molar-refractivity contribution in [2.75, 3.05) is 6.54 Å². The van der Waals surface area contributed by atoms with Gasteiger partial charge in [0.25, 0.3) is 5.91 Å². The van der Waals surface area contributed by atoms with E-state index < -0.39 is 0 Å². The van der Waals surface area contributed by atoms with Crippen LogP contribution in [0.2, 0.25) is 0 Å². The van der Waals surface area contributed by atoms with Crippen LogP contribution in [0, 0.1) is 5.92 Å². The van der Waals surface area contributed by atoms with E-state index in [0.717, 1.165) is 32.2 Å². The van der Waals surface area contributed by atoms with Crippen LogP contribution >= 0.6 is 11.6 Å². The van der Waals surface area contributed by atoms with Gasteiger partial charge in [-0.25, -0.2) is 0 Å². The Morgan fingerprint density at radius 3 is 2.81 bits per heavy atom. The highest BCUT2D eigenvalue weighted by molar-refractivity contribution is 6.20. The zero-order valence-electron chi connectivity index (χ0n) is 9.12. The zero-order chi connectivity index (χ0) is 11.4. The number of rotatable bonds is 3. The third-order valence-electron chi connectivity index (χ3n) is 3.11. The standard InChI is InChI=1S/C12H16ClNO2/c13-11-3-1-9(2-4-11)7-14-12(15)10-5-6-16-8-10/h5-6,8-9,11H,1-4,7H2,(H,14,15). The summed E-state index contributed by atoms with van der Waals surface area (Å²) < 4.78 is 4.86. The van der Waals surface area contributed by atoms with Gasteiger partial charge in [-0.15, -0.1) is 11.6 Å².